The SMILES string of the molecule is CCOCC.Cc1cc(C)n(-c2[c-]c(Oc3[c-]c(-c4nccn4C)ccc3)ccc2)n1.[Pt+2].[Pt]. The van der Waals surface area contributed by atoms with Gasteiger partial charge in [0.1, 0.15) is 0 Å². The minimum absolute atomic E-state index is 0. The fraction of sp³-hybridized carbons (Fsp3) is 0.280. The Morgan fingerprint density at radius 3 is 2.18 bits per heavy atom. The van der Waals surface area contributed by atoms with Crippen LogP contribution in [0.5, 0.6) is 11.5 Å². The summed E-state index contributed by atoms with van der Waals surface area (Å²) in [4.78, 5) is 4.36. The summed E-state index contributed by atoms with van der Waals surface area (Å²) in [7, 11) is 1.95. The van der Waals surface area contributed by atoms with E-state index in [0.29, 0.717) is 11.5 Å². The topological polar surface area (TPSA) is 54.1 Å². The van der Waals surface area contributed by atoms with Gasteiger partial charge < -0.3 is 14.0 Å². The van der Waals surface area contributed by atoms with Crippen molar-refractivity contribution in [3.05, 3.63) is 78.4 Å². The average molecular weight is 807 g/mol. The summed E-state index contributed by atoms with van der Waals surface area (Å²) in [6, 6.07) is 20.1. The van der Waals surface area contributed by atoms with Crippen molar-refractivity contribution in [1.29, 1.82) is 0 Å². The van der Waals surface area contributed by atoms with Crippen LogP contribution in [0.3, 0.4) is 0 Å². The fourth-order valence-corrected chi connectivity index (χ4v) is 3.08. The Morgan fingerprint density at radius 1 is 0.970 bits per heavy atom. The number of aromatic nitrogens is 4. The first-order valence-corrected chi connectivity index (χ1v) is 10.3. The van der Waals surface area contributed by atoms with Crippen molar-refractivity contribution in [3.8, 4) is 28.6 Å². The summed E-state index contributed by atoms with van der Waals surface area (Å²) in [5.41, 5.74) is 3.75. The molecule has 0 saturated carbocycles. The van der Waals surface area contributed by atoms with E-state index in [1.165, 1.54) is 0 Å². The van der Waals surface area contributed by atoms with E-state index in [1.807, 2.05) is 92.7 Å². The summed E-state index contributed by atoms with van der Waals surface area (Å²) in [5, 5.41) is 4.50. The Balaban J connectivity index is 0.000000707. The summed E-state index contributed by atoms with van der Waals surface area (Å²) in [6.07, 6.45) is 3.67. The van der Waals surface area contributed by atoms with Gasteiger partial charge >= 0.3 is 21.1 Å². The number of ether oxygens (including phenoxy) is 2. The van der Waals surface area contributed by atoms with Crippen LogP contribution in [0.1, 0.15) is 25.2 Å². The Bertz CT molecular complexity index is 1120. The molecule has 2 heterocycles. The third-order valence-electron chi connectivity index (χ3n) is 4.45. The van der Waals surface area contributed by atoms with Gasteiger partial charge in [0.05, 0.1) is 11.5 Å². The Hall–Kier alpha value is -2.00. The van der Waals surface area contributed by atoms with E-state index in [0.717, 1.165) is 41.7 Å². The summed E-state index contributed by atoms with van der Waals surface area (Å²) < 4.78 is 14.6. The Morgan fingerprint density at radius 2 is 1.64 bits per heavy atom. The van der Waals surface area contributed by atoms with Gasteiger partial charge in [0.15, 0.2) is 0 Å². The molecular formula is C25H28N4O2Pt2. The second-order valence-corrected chi connectivity index (χ2v) is 6.91. The number of imidazole rings is 1. The molecule has 33 heavy (non-hydrogen) atoms. The molecule has 180 valence electrons. The largest absolute Gasteiger partial charge is 2.00 e. The maximum Gasteiger partial charge on any atom is 2.00 e. The van der Waals surface area contributed by atoms with Crippen molar-refractivity contribution in [1.82, 2.24) is 19.3 Å². The quantitative estimate of drug-likeness (QED) is 0.248. The molecule has 0 N–H and O–H groups in total. The number of nitrogens with zero attached hydrogens (tertiary/aromatic N) is 4. The molecule has 0 fully saturated rings. The van der Waals surface area contributed by atoms with Crippen LogP contribution in [0.15, 0.2) is 54.9 Å². The molecule has 0 aliphatic heterocycles. The molecule has 2 aromatic heterocycles. The number of benzene rings is 2. The molecule has 0 bridgehead atoms. The van der Waals surface area contributed by atoms with Crippen molar-refractivity contribution in [3.63, 3.8) is 0 Å². The second-order valence-electron chi connectivity index (χ2n) is 6.91. The van der Waals surface area contributed by atoms with E-state index in [9.17, 15) is 0 Å². The van der Waals surface area contributed by atoms with Crippen LogP contribution < -0.4 is 4.74 Å². The van der Waals surface area contributed by atoms with Gasteiger partial charge in [-0.05, 0) is 39.4 Å². The zero-order chi connectivity index (χ0) is 22.2. The predicted octanol–water partition coefficient (Wildman–Crippen LogP) is 5.32. The first-order valence-electron chi connectivity index (χ1n) is 10.3. The zero-order valence-corrected chi connectivity index (χ0v) is 23.9. The summed E-state index contributed by atoms with van der Waals surface area (Å²) >= 11 is 0. The average Bonchev–Trinajstić information content (AvgIpc) is 3.34. The Kier molecular flexibility index (Phi) is 12.6. The summed E-state index contributed by atoms with van der Waals surface area (Å²) in [6.45, 7) is 9.66. The molecule has 0 aliphatic rings. The van der Waals surface area contributed by atoms with Crippen molar-refractivity contribution in [2.45, 2.75) is 27.7 Å². The van der Waals surface area contributed by atoms with Crippen LogP contribution in [-0.4, -0.2) is 32.5 Å². The first-order chi connectivity index (χ1) is 15.0. The first kappa shape index (κ1) is 29.0. The monoisotopic (exact) mass is 806 g/mol. The van der Waals surface area contributed by atoms with Gasteiger partial charge in [-0.2, -0.15) is 11.2 Å². The van der Waals surface area contributed by atoms with Crippen LogP contribution >= 0.6 is 0 Å². The second kappa shape index (κ2) is 14.3. The molecular weight excluding hydrogens is 778 g/mol. The smallest absolute Gasteiger partial charge is 0.503 e. The van der Waals surface area contributed by atoms with Crippen molar-refractivity contribution < 1.29 is 51.6 Å². The van der Waals surface area contributed by atoms with Gasteiger partial charge in [0, 0.05) is 70.9 Å². The number of rotatable bonds is 6. The van der Waals surface area contributed by atoms with E-state index >= 15 is 0 Å². The van der Waals surface area contributed by atoms with Crippen LogP contribution in [-0.2, 0) is 53.9 Å². The van der Waals surface area contributed by atoms with Gasteiger partial charge in [-0.25, -0.2) is 0 Å². The van der Waals surface area contributed by atoms with E-state index in [1.54, 1.807) is 6.20 Å². The molecule has 0 radical (unpaired) electrons. The molecule has 4 aromatic rings. The maximum absolute atomic E-state index is 5.98. The number of aryl methyl sites for hydroxylation is 3. The van der Waals surface area contributed by atoms with Crippen LogP contribution in [0.25, 0.3) is 17.1 Å². The Labute approximate surface area is 224 Å². The molecule has 0 atom stereocenters. The molecule has 6 nitrogen and oxygen atoms in total. The molecule has 4 rings (SSSR count). The molecule has 0 spiro atoms. The van der Waals surface area contributed by atoms with Crippen molar-refractivity contribution >= 4 is 0 Å². The van der Waals surface area contributed by atoms with Gasteiger partial charge in [-0.15, -0.1) is 42.0 Å². The minimum atomic E-state index is 0. The van der Waals surface area contributed by atoms with Gasteiger partial charge in [0.25, 0.3) is 0 Å². The normalized spacial score (nSPS) is 9.85. The molecule has 8 heteroatoms. The standard InChI is InChI=1S/C21H18N4O.C4H10O.2Pt/c1-15-12-16(2)25(23-15)18-7-5-9-20(14-18)26-19-8-4-6-17(13-19)21-22-10-11-24(21)3;1-3-5-4-2;;/h4-12H,1-3H3;3-4H2,1-2H3;;/q-2;;;+2. The van der Waals surface area contributed by atoms with Crippen LogP contribution in [0, 0.1) is 26.0 Å². The predicted molar refractivity (Wildman–Crippen MR) is 122 cm³/mol. The third-order valence-corrected chi connectivity index (χ3v) is 4.45. The van der Waals surface area contributed by atoms with Crippen molar-refractivity contribution in [2.75, 3.05) is 13.2 Å². The molecule has 2 aromatic carbocycles. The molecule has 0 amide bonds. The van der Waals surface area contributed by atoms with E-state index in [-0.39, 0.29) is 42.1 Å². The molecule has 0 saturated heterocycles. The minimum Gasteiger partial charge on any atom is -0.503 e. The van der Waals surface area contributed by atoms with Gasteiger partial charge in [0.2, 0.25) is 0 Å². The van der Waals surface area contributed by atoms with E-state index in [4.69, 9.17) is 9.47 Å². The number of hydrogen-bond acceptors (Lipinski definition) is 4. The maximum atomic E-state index is 5.98. The molecule has 0 unspecified atom stereocenters. The third kappa shape index (κ3) is 8.06. The van der Waals surface area contributed by atoms with Gasteiger partial charge in [-0.3, -0.25) is 9.67 Å². The van der Waals surface area contributed by atoms with E-state index in [2.05, 4.69) is 22.2 Å². The van der Waals surface area contributed by atoms with E-state index < -0.39 is 0 Å². The number of hydrogen-bond donors (Lipinski definition) is 0. The molecule has 0 aliphatic carbocycles. The van der Waals surface area contributed by atoms with Crippen LogP contribution in [0.4, 0.5) is 0 Å². The van der Waals surface area contributed by atoms with Gasteiger partial charge in [-0.1, -0.05) is 6.07 Å². The van der Waals surface area contributed by atoms with Crippen molar-refractivity contribution in [2.24, 2.45) is 7.05 Å². The zero-order valence-electron chi connectivity index (χ0n) is 19.3. The fourth-order valence-electron chi connectivity index (χ4n) is 3.08. The van der Waals surface area contributed by atoms with Crippen LogP contribution in [0.2, 0.25) is 0 Å². The summed E-state index contributed by atoms with van der Waals surface area (Å²) in [5.74, 6) is 2.08.